The minimum Gasteiger partial charge on any atom is -0.497 e. The van der Waals surface area contributed by atoms with Gasteiger partial charge >= 0.3 is 12.1 Å². The van der Waals surface area contributed by atoms with Gasteiger partial charge in [0.25, 0.3) is 0 Å². The van der Waals surface area contributed by atoms with Gasteiger partial charge in [-0.15, -0.1) is 0 Å². The Morgan fingerprint density at radius 1 is 1.22 bits per heavy atom. The first-order valence-electron chi connectivity index (χ1n) is 8.62. The smallest absolute Gasteiger partial charge is 0.490 e. The van der Waals surface area contributed by atoms with Crippen molar-refractivity contribution in [2.24, 2.45) is 0 Å². The molecule has 0 bridgehead atoms. The molecule has 27 heavy (non-hydrogen) atoms. The zero-order valence-electron chi connectivity index (χ0n) is 15.0. The van der Waals surface area contributed by atoms with E-state index in [2.05, 4.69) is 22.3 Å². The summed E-state index contributed by atoms with van der Waals surface area (Å²) in [5.74, 6) is -1.59. The lowest BCUT2D eigenvalue weighted by atomic mass is 9.85. The monoisotopic (exact) mass is 388 g/mol. The number of halogens is 3. The third-order valence-corrected chi connectivity index (χ3v) is 4.95. The SMILES string of the molecule is COc1ccc(CN2C(=O)CCC23CCNCC3)cc1.O=C(O)C(F)(F)F. The van der Waals surface area contributed by atoms with Gasteiger partial charge in [0.05, 0.1) is 7.11 Å². The van der Waals surface area contributed by atoms with Crippen LogP contribution in [0, 0.1) is 0 Å². The van der Waals surface area contributed by atoms with Crippen LogP contribution in [0.25, 0.3) is 0 Å². The average molecular weight is 388 g/mol. The third kappa shape index (κ3) is 5.35. The molecule has 0 aliphatic carbocycles. The number of piperidine rings is 1. The molecule has 1 amide bonds. The summed E-state index contributed by atoms with van der Waals surface area (Å²) in [4.78, 5) is 23.3. The molecule has 2 fully saturated rings. The number of nitrogens with one attached hydrogen (secondary N) is 1. The largest absolute Gasteiger partial charge is 0.497 e. The molecule has 2 saturated heterocycles. The molecular weight excluding hydrogens is 365 g/mol. The lowest BCUT2D eigenvalue weighted by Crippen LogP contribution is -2.51. The molecule has 2 heterocycles. The van der Waals surface area contributed by atoms with Crippen LogP contribution in [0.1, 0.15) is 31.2 Å². The maximum atomic E-state index is 12.3. The Balaban J connectivity index is 0.000000321. The van der Waals surface area contributed by atoms with Crippen molar-refractivity contribution in [3.05, 3.63) is 29.8 Å². The second kappa shape index (κ2) is 8.60. The Hall–Kier alpha value is -2.29. The molecule has 0 radical (unpaired) electrons. The van der Waals surface area contributed by atoms with Gasteiger partial charge in [-0.3, -0.25) is 4.79 Å². The van der Waals surface area contributed by atoms with Crippen molar-refractivity contribution >= 4 is 11.9 Å². The van der Waals surface area contributed by atoms with Gasteiger partial charge in [-0.25, -0.2) is 4.79 Å². The molecule has 3 rings (SSSR count). The van der Waals surface area contributed by atoms with Crippen molar-refractivity contribution < 1.29 is 32.6 Å². The molecule has 1 spiro atoms. The summed E-state index contributed by atoms with van der Waals surface area (Å²) in [6.07, 6.45) is -1.20. The van der Waals surface area contributed by atoms with Crippen molar-refractivity contribution in [1.82, 2.24) is 10.2 Å². The van der Waals surface area contributed by atoms with Crippen LogP contribution in [0.5, 0.6) is 5.75 Å². The second-order valence-electron chi connectivity index (χ2n) is 6.61. The molecule has 6 nitrogen and oxygen atoms in total. The predicted octanol–water partition coefficient (Wildman–Crippen LogP) is 2.57. The van der Waals surface area contributed by atoms with E-state index in [1.807, 2.05) is 12.1 Å². The number of carboxylic acid groups (broad SMARTS) is 1. The van der Waals surface area contributed by atoms with Gasteiger partial charge in [-0.05, 0) is 50.0 Å². The molecule has 9 heteroatoms. The normalized spacial score (nSPS) is 18.8. The fraction of sp³-hybridized carbons (Fsp3) is 0.556. The van der Waals surface area contributed by atoms with Crippen LogP contribution in [-0.2, 0) is 16.1 Å². The van der Waals surface area contributed by atoms with E-state index in [0.29, 0.717) is 12.3 Å². The second-order valence-corrected chi connectivity index (χ2v) is 6.61. The van der Waals surface area contributed by atoms with Crippen LogP contribution in [0.2, 0.25) is 0 Å². The highest BCUT2D eigenvalue weighted by molar-refractivity contribution is 5.79. The molecule has 0 aromatic heterocycles. The van der Waals surface area contributed by atoms with E-state index in [-0.39, 0.29) is 5.54 Å². The maximum Gasteiger partial charge on any atom is 0.490 e. The fourth-order valence-electron chi connectivity index (χ4n) is 3.46. The molecule has 0 unspecified atom stereocenters. The average Bonchev–Trinajstić information content (AvgIpc) is 2.92. The molecule has 0 atom stereocenters. The first kappa shape index (κ1) is 21.0. The number of hydrogen-bond acceptors (Lipinski definition) is 4. The number of alkyl halides is 3. The van der Waals surface area contributed by atoms with Gasteiger partial charge in [0.15, 0.2) is 0 Å². The number of hydrogen-bond donors (Lipinski definition) is 2. The van der Waals surface area contributed by atoms with Crippen molar-refractivity contribution in [1.29, 1.82) is 0 Å². The molecule has 0 saturated carbocycles. The minimum atomic E-state index is -5.08. The van der Waals surface area contributed by atoms with Crippen molar-refractivity contribution in [3.63, 3.8) is 0 Å². The summed E-state index contributed by atoms with van der Waals surface area (Å²) in [6, 6.07) is 8.04. The van der Waals surface area contributed by atoms with Gasteiger partial charge in [0.2, 0.25) is 5.91 Å². The fourth-order valence-corrected chi connectivity index (χ4v) is 3.46. The number of rotatable bonds is 3. The number of carbonyl (C=O) groups is 2. The van der Waals surface area contributed by atoms with Crippen LogP contribution in [0.4, 0.5) is 13.2 Å². The Morgan fingerprint density at radius 3 is 2.26 bits per heavy atom. The number of nitrogens with zero attached hydrogens (tertiary/aromatic N) is 1. The predicted molar refractivity (Wildman–Crippen MR) is 91.3 cm³/mol. The highest BCUT2D eigenvalue weighted by Gasteiger charge is 2.45. The first-order chi connectivity index (χ1) is 12.7. The lowest BCUT2D eigenvalue weighted by Gasteiger charge is -2.42. The van der Waals surface area contributed by atoms with E-state index in [1.165, 1.54) is 5.56 Å². The van der Waals surface area contributed by atoms with Gasteiger partial charge in [0.1, 0.15) is 5.75 Å². The summed E-state index contributed by atoms with van der Waals surface area (Å²) in [7, 11) is 1.67. The highest BCUT2D eigenvalue weighted by atomic mass is 19.4. The van der Waals surface area contributed by atoms with E-state index in [9.17, 15) is 18.0 Å². The lowest BCUT2D eigenvalue weighted by molar-refractivity contribution is -0.192. The van der Waals surface area contributed by atoms with Crippen LogP contribution in [0.15, 0.2) is 24.3 Å². The van der Waals surface area contributed by atoms with E-state index in [4.69, 9.17) is 14.6 Å². The number of aliphatic carboxylic acids is 1. The summed E-state index contributed by atoms with van der Waals surface area (Å²) in [6.45, 7) is 2.77. The highest BCUT2D eigenvalue weighted by Crippen LogP contribution is 2.38. The maximum absolute atomic E-state index is 12.3. The Bertz CT molecular complexity index is 656. The number of methoxy groups -OCH3 is 1. The summed E-state index contributed by atoms with van der Waals surface area (Å²) < 4.78 is 36.9. The number of benzene rings is 1. The quantitative estimate of drug-likeness (QED) is 0.832. The number of ether oxygens (including phenoxy) is 1. The minimum absolute atomic E-state index is 0.0995. The summed E-state index contributed by atoms with van der Waals surface area (Å²) in [5.41, 5.74) is 1.28. The Morgan fingerprint density at radius 2 is 1.78 bits per heavy atom. The van der Waals surface area contributed by atoms with Crippen molar-refractivity contribution in [2.45, 2.75) is 43.9 Å². The Kier molecular flexibility index (Phi) is 6.69. The van der Waals surface area contributed by atoms with E-state index >= 15 is 0 Å². The van der Waals surface area contributed by atoms with Gasteiger partial charge in [-0.1, -0.05) is 12.1 Å². The van der Waals surface area contributed by atoms with Gasteiger partial charge in [0, 0.05) is 18.5 Å². The molecule has 2 N–H and O–H groups in total. The Labute approximate surface area is 155 Å². The number of amides is 1. The van der Waals surface area contributed by atoms with Crippen LogP contribution in [0.3, 0.4) is 0 Å². The molecule has 1 aromatic rings. The zero-order valence-corrected chi connectivity index (χ0v) is 15.0. The molecule has 1 aromatic carbocycles. The van der Waals surface area contributed by atoms with Gasteiger partial charge in [-0.2, -0.15) is 13.2 Å². The van der Waals surface area contributed by atoms with Crippen molar-refractivity contribution in [2.75, 3.05) is 20.2 Å². The molecule has 2 aliphatic rings. The molecule has 2 aliphatic heterocycles. The van der Waals surface area contributed by atoms with Crippen molar-refractivity contribution in [3.8, 4) is 5.75 Å². The standard InChI is InChI=1S/C16H22N2O2.C2HF3O2/c1-20-14-4-2-13(3-5-14)12-18-15(19)6-7-16(18)8-10-17-11-9-16;3-2(4,5)1(6)7/h2-5,17H,6-12H2,1H3;(H,6,7). The topological polar surface area (TPSA) is 78.9 Å². The molecular formula is C18H23F3N2O4. The summed E-state index contributed by atoms with van der Waals surface area (Å²) in [5, 5.41) is 10.5. The number of carboxylic acids is 1. The van der Waals surface area contributed by atoms with E-state index in [0.717, 1.165) is 44.6 Å². The van der Waals surface area contributed by atoms with E-state index in [1.54, 1.807) is 7.11 Å². The molecule has 150 valence electrons. The first-order valence-corrected chi connectivity index (χ1v) is 8.62. The van der Waals surface area contributed by atoms with Crippen LogP contribution >= 0.6 is 0 Å². The zero-order chi connectivity index (χ0) is 20.1. The van der Waals surface area contributed by atoms with Gasteiger partial charge < -0.3 is 20.1 Å². The van der Waals surface area contributed by atoms with Crippen LogP contribution < -0.4 is 10.1 Å². The third-order valence-electron chi connectivity index (χ3n) is 4.95. The number of likely N-dealkylation sites (tertiary alicyclic amines) is 1. The summed E-state index contributed by atoms with van der Waals surface area (Å²) >= 11 is 0. The van der Waals surface area contributed by atoms with E-state index < -0.39 is 12.1 Å². The number of carbonyl (C=O) groups excluding carboxylic acids is 1. The van der Waals surface area contributed by atoms with Crippen LogP contribution in [-0.4, -0.2) is 53.8 Å².